The van der Waals surface area contributed by atoms with Crippen LogP contribution in [0.1, 0.15) is 11.3 Å². The van der Waals surface area contributed by atoms with Crippen LogP contribution in [0.3, 0.4) is 0 Å². The van der Waals surface area contributed by atoms with Crippen molar-refractivity contribution in [1.29, 1.82) is 0 Å². The number of aliphatic hydroxyl groups excluding tert-OH is 1. The first-order valence-corrected chi connectivity index (χ1v) is 5.19. The minimum atomic E-state index is -0.424. The zero-order valence-corrected chi connectivity index (χ0v) is 9.43. The molecule has 0 fully saturated rings. The highest BCUT2D eigenvalue weighted by Crippen LogP contribution is 2.17. The van der Waals surface area contributed by atoms with Crippen molar-refractivity contribution >= 4 is 0 Å². The van der Waals surface area contributed by atoms with Gasteiger partial charge in [0.1, 0.15) is 18.2 Å². The topological polar surface area (TPSA) is 47.3 Å². The summed E-state index contributed by atoms with van der Waals surface area (Å²) in [6, 6.07) is 5.98. The van der Waals surface area contributed by atoms with Gasteiger partial charge in [0, 0.05) is 19.3 Å². The molecule has 0 aliphatic rings. The van der Waals surface area contributed by atoms with Crippen molar-refractivity contribution in [2.45, 2.75) is 13.2 Å². The fraction of sp³-hybridized carbons (Fsp3) is 0.250. The fourth-order valence-electron chi connectivity index (χ4n) is 1.49. The molecule has 0 amide bonds. The summed E-state index contributed by atoms with van der Waals surface area (Å²) >= 11 is 0. The second-order valence-corrected chi connectivity index (χ2v) is 3.72. The number of halogens is 1. The molecule has 4 nitrogen and oxygen atoms in total. The third-order valence-electron chi connectivity index (χ3n) is 2.27. The first-order chi connectivity index (χ1) is 8.17. The van der Waals surface area contributed by atoms with Gasteiger partial charge in [0.2, 0.25) is 0 Å². The van der Waals surface area contributed by atoms with E-state index in [1.165, 1.54) is 12.1 Å². The van der Waals surface area contributed by atoms with Crippen molar-refractivity contribution in [3.05, 3.63) is 47.5 Å². The molecule has 1 aromatic heterocycles. The molecule has 0 bridgehead atoms. The molecular formula is C12H13FN2O2. The fourth-order valence-corrected chi connectivity index (χ4v) is 1.49. The molecule has 17 heavy (non-hydrogen) atoms. The predicted octanol–water partition coefficient (Wildman–Crippen LogP) is 1.63. The number of aliphatic hydroxyl groups is 1. The standard InChI is InChI=1S/C12H13FN2O2/c1-15-3-2-11(14-15)8-17-12-5-9(7-16)4-10(13)6-12/h2-6,16H,7-8H2,1H3. The number of aryl methyl sites for hydroxylation is 1. The number of benzene rings is 1. The second-order valence-electron chi connectivity index (χ2n) is 3.72. The molecule has 90 valence electrons. The summed E-state index contributed by atoms with van der Waals surface area (Å²) < 4.78 is 20.2. The van der Waals surface area contributed by atoms with Gasteiger partial charge in [-0.25, -0.2) is 4.39 Å². The minimum Gasteiger partial charge on any atom is -0.487 e. The minimum absolute atomic E-state index is 0.211. The smallest absolute Gasteiger partial charge is 0.132 e. The van der Waals surface area contributed by atoms with Gasteiger partial charge < -0.3 is 9.84 Å². The molecule has 0 aliphatic heterocycles. The summed E-state index contributed by atoms with van der Waals surface area (Å²) in [5, 5.41) is 13.1. The average molecular weight is 236 g/mol. The number of aromatic nitrogens is 2. The lowest BCUT2D eigenvalue weighted by molar-refractivity contribution is 0.275. The summed E-state index contributed by atoms with van der Waals surface area (Å²) in [4.78, 5) is 0. The number of hydrogen-bond acceptors (Lipinski definition) is 3. The van der Waals surface area contributed by atoms with Crippen molar-refractivity contribution in [3.8, 4) is 5.75 Å². The molecule has 0 atom stereocenters. The van der Waals surface area contributed by atoms with Crippen LogP contribution in [0.15, 0.2) is 30.5 Å². The van der Waals surface area contributed by atoms with E-state index in [2.05, 4.69) is 5.10 Å². The molecule has 0 aliphatic carbocycles. The SMILES string of the molecule is Cn1ccc(COc2cc(F)cc(CO)c2)n1. The Labute approximate surface area is 98.3 Å². The molecule has 0 unspecified atom stereocenters. The Kier molecular flexibility index (Phi) is 3.39. The normalized spacial score (nSPS) is 10.5. The number of hydrogen-bond donors (Lipinski definition) is 1. The Bertz CT molecular complexity index is 511. The molecule has 2 aromatic rings. The summed E-state index contributed by atoms with van der Waals surface area (Å²) in [7, 11) is 1.82. The second kappa shape index (κ2) is 4.97. The van der Waals surface area contributed by atoms with Crippen LogP contribution in [-0.4, -0.2) is 14.9 Å². The van der Waals surface area contributed by atoms with Crippen LogP contribution in [0.5, 0.6) is 5.75 Å². The quantitative estimate of drug-likeness (QED) is 0.877. The van der Waals surface area contributed by atoms with Crippen LogP contribution in [0, 0.1) is 5.82 Å². The summed E-state index contributed by atoms with van der Waals surface area (Å²) in [5.74, 6) is -0.0349. The molecule has 0 radical (unpaired) electrons. The van der Waals surface area contributed by atoms with E-state index in [1.54, 1.807) is 10.7 Å². The van der Waals surface area contributed by atoms with E-state index in [0.29, 0.717) is 11.3 Å². The zero-order valence-electron chi connectivity index (χ0n) is 9.43. The van der Waals surface area contributed by atoms with Gasteiger partial charge in [-0.3, -0.25) is 4.68 Å². The molecule has 1 N–H and O–H groups in total. The summed E-state index contributed by atoms with van der Waals surface area (Å²) in [6.45, 7) is 0.0624. The van der Waals surface area contributed by atoms with E-state index in [0.717, 1.165) is 5.69 Å². The van der Waals surface area contributed by atoms with Gasteiger partial charge in [0.25, 0.3) is 0 Å². The Morgan fingerprint density at radius 3 is 2.88 bits per heavy atom. The van der Waals surface area contributed by atoms with Gasteiger partial charge in [0.15, 0.2) is 0 Å². The van der Waals surface area contributed by atoms with Crippen LogP contribution in [0.25, 0.3) is 0 Å². The lowest BCUT2D eigenvalue weighted by atomic mass is 10.2. The highest BCUT2D eigenvalue weighted by atomic mass is 19.1. The van der Waals surface area contributed by atoms with Crippen molar-refractivity contribution in [2.75, 3.05) is 0 Å². The highest BCUT2D eigenvalue weighted by Gasteiger charge is 2.03. The third-order valence-corrected chi connectivity index (χ3v) is 2.27. The first kappa shape index (κ1) is 11.6. The number of nitrogens with zero attached hydrogens (tertiary/aromatic N) is 2. The lowest BCUT2D eigenvalue weighted by Crippen LogP contribution is -1.99. The zero-order chi connectivity index (χ0) is 12.3. The van der Waals surface area contributed by atoms with Crippen molar-refractivity contribution in [3.63, 3.8) is 0 Å². The van der Waals surface area contributed by atoms with E-state index in [4.69, 9.17) is 9.84 Å². The van der Waals surface area contributed by atoms with Crippen molar-refractivity contribution in [2.24, 2.45) is 7.05 Å². The molecule has 0 saturated heterocycles. The van der Waals surface area contributed by atoms with E-state index in [1.807, 2.05) is 19.3 Å². The van der Waals surface area contributed by atoms with Crippen LogP contribution in [-0.2, 0) is 20.3 Å². The van der Waals surface area contributed by atoms with E-state index in [-0.39, 0.29) is 13.2 Å². The van der Waals surface area contributed by atoms with Gasteiger partial charge in [-0.15, -0.1) is 0 Å². The Morgan fingerprint density at radius 2 is 2.24 bits per heavy atom. The molecule has 0 saturated carbocycles. The van der Waals surface area contributed by atoms with Crippen LogP contribution < -0.4 is 4.74 Å². The average Bonchev–Trinajstić information content (AvgIpc) is 2.72. The molecule has 5 heteroatoms. The van der Waals surface area contributed by atoms with Gasteiger partial charge in [0.05, 0.1) is 12.3 Å². The summed E-state index contributed by atoms with van der Waals surface area (Å²) in [6.07, 6.45) is 1.81. The van der Waals surface area contributed by atoms with Gasteiger partial charge in [-0.1, -0.05) is 0 Å². The van der Waals surface area contributed by atoms with Crippen molar-refractivity contribution < 1.29 is 14.2 Å². The predicted molar refractivity (Wildman–Crippen MR) is 59.9 cm³/mol. The highest BCUT2D eigenvalue weighted by molar-refractivity contribution is 5.29. The number of ether oxygens (including phenoxy) is 1. The maximum absolute atomic E-state index is 13.1. The van der Waals surface area contributed by atoms with Crippen molar-refractivity contribution in [1.82, 2.24) is 9.78 Å². The number of rotatable bonds is 4. The van der Waals surface area contributed by atoms with Crippen LogP contribution in [0.4, 0.5) is 4.39 Å². The van der Waals surface area contributed by atoms with Crippen LogP contribution in [0.2, 0.25) is 0 Å². The van der Waals surface area contributed by atoms with E-state index in [9.17, 15) is 4.39 Å². The van der Waals surface area contributed by atoms with E-state index < -0.39 is 5.82 Å². The third kappa shape index (κ3) is 3.04. The molecule has 0 spiro atoms. The largest absolute Gasteiger partial charge is 0.487 e. The maximum atomic E-state index is 13.1. The Hall–Kier alpha value is -1.88. The van der Waals surface area contributed by atoms with Gasteiger partial charge in [-0.2, -0.15) is 5.10 Å². The Balaban J connectivity index is 2.05. The molecule has 1 aromatic carbocycles. The first-order valence-electron chi connectivity index (χ1n) is 5.19. The lowest BCUT2D eigenvalue weighted by Gasteiger charge is -2.06. The van der Waals surface area contributed by atoms with E-state index >= 15 is 0 Å². The Morgan fingerprint density at radius 1 is 1.41 bits per heavy atom. The van der Waals surface area contributed by atoms with Gasteiger partial charge in [-0.05, 0) is 23.8 Å². The summed E-state index contributed by atoms with van der Waals surface area (Å²) in [5.41, 5.74) is 1.25. The maximum Gasteiger partial charge on any atom is 0.132 e. The molecular weight excluding hydrogens is 223 g/mol. The molecule has 2 rings (SSSR count). The monoisotopic (exact) mass is 236 g/mol. The van der Waals surface area contributed by atoms with Gasteiger partial charge >= 0.3 is 0 Å². The molecule has 1 heterocycles. The van der Waals surface area contributed by atoms with Crippen LogP contribution >= 0.6 is 0 Å².